The number of hydrogen-bond acceptors (Lipinski definition) is 4. The normalized spacial score (nSPS) is 10.7. The number of ether oxygens (including phenoxy) is 1. The van der Waals surface area contributed by atoms with Crippen LogP contribution in [0, 0.1) is 0 Å². The van der Waals surface area contributed by atoms with Crippen LogP contribution < -0.4 is 10.2 Å². The maximum absolute atomic E-state index is 12.3. The molecule has 5 heteroatoms. The van der Waals surface area contributed by atoms with Gasteiger partial charge in [0.05, 0.1) is 18.9 Å². The summed E-state index contributed by atoms with van der Waals surface area (Å²) in [6.07, 6.45) is -0.202. The molecule has 0 unspecified atom stereocenters. The van der Waals surface area contributed by atoms with Gasteiger partial charge in [-0.1, -0.05) is 12.1 Å². The van der Waals surface area contributed by atoms with Gasteiger partial charge < -0.3 is 14.3 Å². The van der Waals surface area contributed by atoms with E-state index in [4.69, 9.17) is 14.3 Å². The highest BCUT2D eigenvalue weighted by atomic mass is 16.5. The zero-order chi connectivity index (χ0) is 16.4. The number of fused-ring (bicyclic) bond motifs is 1. The fraction of sp³-hybridized carbons (Fsp3) is 0.111. The number of para-hydroxylation sites is 1. The molecule has 0 bridgehead atoms. The third-order valence-corrected chi connectivity index (χ3v) is 3.55. The van der Waals surface area contributed by atoms with Crippen LogP contribution in [0.15, 0.2) is 57.7 Å². The first-order valence-corrected chi connectivity index (χ1v) is 7.00. The summed E-state index contributed by atoms with van der Waals surface area (Å²) < 4.78 is 10.9. The van der Waals surface area contributed by atoms with E-state index in [9.17, 15) is 9.59 Å². The monoisotopic (exact) mass is 310 g/mol. The van der Waals surface area contributed by atoms with E-state index < -0.39 is 5.97 Å². The van der Waals surface area contributed by atoms with Crippen LogP contribution >= 0.6 is 0 Å². The highest BCUT2D eigenvalue weighted by Gasteiger charge is 2.12. The van der Waals surface area contributed by atoms with E-state index in [1.54, 1.807) is 49.6 Å². The molecule has 0 fully saturated rings. The zero-order valence-corrected chi connectivity index (χ0v) is 12.4. The van der Waals surface area contributed by atoms with E-state index in [1.165, 1.54) is 6.07 Å². The average molecular weight is 310 g/mol. The van der Waals surface area contributed by atoms with Crippen molar-refractivity contribution >= 4 is 16.9 Å². The van der Waals surface area contributed by atoms with Gasteiger partial charge in [0.1, 0.15) is 17.1 Å². The lowest BCUT2D eigenvalue weighted by molar-refractivity contribution is -0.136. The molecule has 3 rings (SSSR count). The molecule has 1 N–H and O–H groups in total. The molecule has 0 amide bonds. The number of rotatable bonds is 4. The van der Waals surface area contributed by atoms with Gasteiger partial charge in [-0.2, -0.15) is 0 Å². The predicted molar refractivity (Wildman–Crippen MR) is 85.8 cm³/mol. The van der Waals surface area contributed by atoms with Crippen molar-refractivity contribution in [2.75, 3.05) is 7.11 Å². The molecule has 3 aromatic rings. The first-order valence-electron chi connectivity index (χ1n) is 7.00. The number of benzene rings is 2. The Bertz CT molecular complexity index is 922. The lowest BCUT2D eigenvalue weighted by Crippen LogP contribution is -2.05. The lowest BCUT2D eigenvalue weighted by Gasteiger charge is -2.07. The molecular formula is C18H14O5. The summed E-state index contributed by atoms with van der Waals surface area (Å²) in [5, 5.41) is 9.38. The van der Waals surface area contributed by atoms with Gasteiger partial charge in [0.25, 0.3) is 0 Å². The van der Waals surface area contributed by atoms with Crippen LogP contribution in [-0.2, 0) is 11.2 Å². The maximum atomic E-state index is 12.3. The van der Waals surface area contributed by atoms with Crippen LogP contribution in [-0.4, -0.2) is 18.2 Å². The molecule has 0 aliphatic rings. The maximum Gasteiger partial charge on any atom is 0.307 e. The van der Waals surface area contributed by atoms with Gasteiger partial charge >= 0.3 is 5.97 Å². The van der Waals surface area contributed by atoms with E-state index in [0.717, 1.165) is 5.56 Å². The Morgan fingerprint density at radius 2 is 1.91 bits per heavy atom. The molecule has 0 aliphatic heterocycles. The quantitative estimate of drug-likeness (QED) is 0.801. The molecule has 116 valence electrons. The third-order valence-electron chi connectivity index (χ3n) is 3.55. The van der Waals surface area contributed by atoms with Crippen molar-refractivity contribution in [1.29, 1.82) is 0 Å². The highest BCUT2D eigenvalue weighted by molar-refractivity contribution is 5.85. The molecule has 1 aromatic heterocycles. The molecule has 0 spiro atoms. The minimum absolute atomic E-state index is 0.202. The minimum Gasteiger partial charge on any atom is -0.497 e. The number of carboxylic acids is 1. The fourth-order valence-corrected chi connectivity index (χ4v) is 2.44. The second-order valence-corrected chi connectivity index (χ2v) is 5.07. The van der Waals surface area contributed by atoms with Gasteiger partial charge in [-0.3, -0.25) is 9.59 Å². The lowest BCUT2D eigenvalue weighted by atomic mass is 10.1. The Hall–Kier alpha value is -3.08. The van der Waals surface area contributed by atoms with E-state index in [1.807, 2.05) is 0 Å². The van der Waals surface area contributed by atoms with E-state index in [0.29, 0.717) is 28.0 Å². The first-order chi connectivity index (χ1) is 11.1. The number of hydrogen-bond donors (Lipinski definition) is 1. The van der Waals surface area contributed by atoms with Gasteiger partial charge in [-0.15, -0.1) is 0 Å². The topological polar surface area (TPSA) is 76.7 Å². The van der Waals surface area contributed by atoms with Crippen LogP contribution in [0.4, 0.5) is 0 Å². The molecule has 0 aliphatic carbocycles. The summed E-state index contributed by atoms with van der Waals surface area (Å²) in [5.74, 6) is 0.112. The molecule has 2 aromatic carbocycles. The van der Waals surface area contributed by atoms with E-state index in [2.05, 4.69) is 0 Å². The Kier molecular flexibility index (Phi) is 3.85. The summed E-state index contributed by atoms with van der Waals surface area (Å²) >= 11 is 0. The Labute approximate surface area is 131 Å². The molecule has 0 saturated carbocycles. The Morgan fingerprint density at radius 1 is 1.17 bits per heavy atom. The van der Waals surface area contributed by atoms with Crippen molar-refractivity contribution in [3.05, 3.63) is 64.3 Å². The van der Waals surface area contributed by atoms with E-state index >= 15 is 0 Å². The van der Waals surface area contributed by atoms with Crippen LogP contribution in [0.2, 0.25) is 0 Å². The van der Waals surface area contributed by atoms with Crippen LogP contribution in [0.1, 0.15) is 5.56 Å². The van der Waals surface area contributed by atoms with Crippen molar-refractivity contribution in [2.45, 2.75) is 6.42 Å². The molecule has 0 saturated heterocycles. The molecular weight excluding hydrogens is 296 g/mol. The van der Waals surface area contributed by atoms with Gasteiger partial charge in [0.2, 0.25) is 0 Å². The Morgan fingerprint density at radius 3 is 2.57 bits per heavy atom. The smallest absolute Gasteiger partial charge is 0.307 e. The molecule has 5 nitrogen and oxygen atoms in total. The van der Waals surface area contributed by atoms with Crippen molar-refractivity contribution < 1.29 is 19.1 Å². The molecule has 0 radical (unpaired) electrons. The Balaban J connectivity index is 2.18. The van der Waals surface area contributed by atoms with Crippen molar-refractivity contribution in [2.24, 2.45) is 0 Å². The van der Waals surface area contributed by atoms with Crippen LogP contribution in [0.3, 0.4) is 0 Å². The van der Waals surface area contributed by atoms with Crippen LogP contribution in [0.25, 0.3) is 22.3 Å². The summed E-state index contributed by atoms with van der Waals surface area (Å²) in [6.45, 7) is 0. The van der Waals surface area contributed by atoms with Crippen LogP contribution in [0.5, 0.6) is 5.75 Å². The van der Waals surface area contributed by atoms with Crippen molar-refractivity contribution in [1.82, 2.24) is 0 Å². The number of carboxylic acid groups (broad SMARTS) is 1. The third kappa shape index (κ3) is 2.94. The zero-order valence-electron chi connectivity index (χ0n) is 12.4. The number of aliphatic carboxylic acids is 1. The minimum atomic E-state index is -0.977. The average Bonchev–Trinajstić information content (AvgIpc) is 2.55. The molecule has 0 atom stereocenters. The summed E-state index contributed by atoms with van der Waals surface area (Å²) in [7, 11) is 1.57. The standard InChI is InChI=1S/C18H14O5/c1-22-13-7-5-11(6-8-13)16-10-15(19)14-4-2-3-12(9-17(20)21)18(14)23-16/h2-8,10H,9H2,1H3,(H,20,21). The van der Waals surface area contributed by atoms with Crippen molar-refractivity contribution in [3.8, 4) is 17.1 Å². The fourth-order valence-electron chi connectivity index (χ4n) is 2.44. The van der Waals surface area contributed by atoms with E-state index in [-0.39, 0.29) is 11.8 Å². The number of methoxy groups -OCH3 is 1. The van der Waals surface area contributed by atoms with Gasteiger partial charge in [-0.05, 0) is 30.3 Å². The van der Waals surface area contributed by atoms with Gasteiger partial charge in [-0.25, -0.2) is 0 Å². The number of carbonyl (C=O) groups is 1. The second-order valence-electron chi connectivity index (χ2n) is 5.07. The summed E-state index contributed by atoms with van der Waals surface area (Å²) in [6, 6.07) is 13.4. The molecule has 1 heterocycles. The van der Waals surface area contributed by atoms with Crippen molar-refractivity contribution in [3.63, 3.8) is 0 Å². The first kappa shape index (κ1) is 14.8. The SMILES string of the molecule is COc1ccc(-c2cc(=O)c3cccc(CC(=O)O)c3o2)cc1. The largest absolute Gasteiger partial charge is 0.497 e. The highest BCUT2D eigenvalue weighted by Crippen LogP contribution is 2.26. The second kappa shape index (κ2) is 5.96. The summed E-state index contributed by atoms with van der Waals surface area (Å²) in [5.41, 5.74) is 1.30. The summed E-state index contributed by atoms with van der Waals surface area (Å²) in [4.78, 5) is 23.3. The molecule has 23 heavy (non-hydrogen) atoms. The van der Waals surface area contributed by atoms with Gasteiger partial charge in [0.15, 0.2) is 5.43 Å². The predicted octanol–water partition coefficient (Wildman–Crippen LogP) is 3.10. The van der Waals surface area contributed by atoms with Gasteiger partial charge in [0, 0.05) is 17.2 Å².